The zero-order valence-electron chi connectivity index (χ0n) is 10.5. The number of hydrogen-bond acceptors (Lipinski definition) is 4. The molecule has 0 fully saturated rings. The summed E-state index contributed by atoms with van der Waals surface area (Å²) in [4.78, 5) is 30.6. The van der Waals surface area contributed by atoms with E-state index in [0.717, 1.165) is 19.3 Å². The maximum atomic E-state index is 11.4. The van der Waals surface area contributed by atoms with E-state index in [4.69, 9.17) is 0 Å². The highest BCUT2D eigenvalue weighted by Gasteiger charge is 2.19. The second kappa shape index (κ2) is 9.19. The lowest BCUT2D eigenvalue weighted by Gasteiger charge is -2.11. The molecule has 0 aromatic rings. The first-order valence-electron chi connectivity index (χ1n) is 6.00. The molecule has 0 heterocycles. The van der Waals surface area contributed by atoms with Crippen LogP contribution in [0.3, 0.4) is 0 Å². The summed E-state index contributed by atoms with van der Waals surface area (Å²) in [6, 6.07) is 0. The number of rotatable bonds is 7. The van der Waals surface area contributed by atoms with Crippen LogP contribution in [-0.4, -0.2) is 11.9 Å². The van der Waals surface area contributed by atoms with Crippen LogP contribution in [0.15, 0.2) is 0 Å². The smallest absolute Gasteiger partial charge is 0.248 e. The van der Waals surface area contributed by atoms with Gasteiger partial charge in [0.15, 0.2) is 0 Å². The minimum absolute atomic E-state index is 0.156. The van der Waals surface area contributed by atoms with Crippen LogP contribution < -0.4 is 0 Å². The number of hydrogen-bond donors (Lipinski definition) is 0. The quantitative estimate of drug-likeness (QED) is 0.383. The van der Waals surface area contributed by atoms with Gasteiger partial charge in [0.25, 0.3) is 0 Å². The first-order chi connectivity index (χ1) is 7.61. The standard InChI is InChI=1S/C12H22O4/c1-4-6-7-8-9-11(5-2)12(14)16-15-10(3)13/h11H,4-9H2,1-3H3. The van der Waals surface area contributed by atoms with Crippen LogP contribution in [0.25, 0.3) is 0 Å². The Hall–Kier alpha value is -1.06. The molecule has 4 heteroatoms. The molecule has 0 saturated heterocycles. The van der Waals surface area contributed by atoms with Crippen molar-refractivity contribution in [1.29, 1.82) is 0 Å². The summed E-state index contributed by atoms with van der Waals surface area (Å²) in [6.07, 6.45) is 6.03. The molecular formula is C12H22O4. The molecule has 4 nitrogen and oxygen atoms in total. The molecule has 0 saturated carbocycles. The van der Waals surface area contributed by atoms with Crippen LogP contribution in [0.4, 0.5) is 0 Å². The van der Waals surface area contributed by atoms with Gasteiger partial charge in [0, 0.05) is 6.92 Å². The lowest BCUT2D eigenvalue weighted by Crippen LogP contribution is -2.18. The molecule has 1 unspecified atom stereocenters. The van der Waals surface area contributed by atoms with Gasteiger partial charge in [-0.05, 0) is 12.8 Å². The van der Waals surface area contributed by atoms with Crippen LogP contribution in [0.5, 0.6) is 0 Å². The fraction of sp³-hybridized carbons (Fsp3) is 0.833. The Kier molecular flexibility index (Phi) is 8.58. The van der Waals surface area contributed by atoms with Gasteiger partial charge in [-0.1, -0.05) is 39.5 Å². The van der Waals surface area contributed by atoms with Crippen LogP contribution in [-0.2, 0) is 19.4 Å². The Morgan fingerprint density at radius 2 is 1.75 bits per heavy atom. The fourth-order valence-corrected chi connectivity index (χ4v) is 1.47. The molecule has 0 amide bonds. The summed E-state index contributed by atoms with van der Waals surface area (Å²) in [5.41, 5.74) is 0. The van der Waals surface area contributed by atoms with E-state index in [9.17, 15) is 9.59 Å². The molecule has 0 aliphatic heterocycles. The molecule has 0 radical (unpaired) electrons. The summed E-state index contributed by atoms with van der Waals surface area (Å²) in [7, 11) is 0. The highest BCUT2D eigenvalue weighted by molar-refractivity contribution is 5.73. The van der Waals surface area contributed by atoms with E-state index in [1.807, 2.05) is 6.92 Å². The monoisotopic (exact) mass is 230 g/mol. The Bertz CT molecular complexity index is 213. The van der Waals surface area contributed by atoms with E-state index in [0.29, 0.717) is 6.42 Å². The lowest BCUT2D eigenvalue weighted by atomic mass is 9.98. The predicted octanol–water partition coefficient (Wildman–Crippen LogP) is 3.00. The summed E-state index contributed by atoms with van der Waals surface area (Å²) >= 11 is 0. The van der Waals surface area contributed by atoms with Gasteiger partial charge in [0.1, 0.15) is 0 Å². The van der Waals surface area contributed by atoms with Crippen LogP contribution >= 0.6 is 0 Å². The van der Waals surface area contributed by atoms with Crippen molar-refractivity contribution in [3.8, 4) is 0 Å². The number of carbonyl (C=O) groups excluding carboxylic acids is 2. The Morgan fingerprint density at radius 3 is 2.25 bits per heavy atom. The molecule has 1 atom stereocenters. The zero-order valence-corrected chi connectivity index (χ0v) is 10.5. The largest absolute Gasteiger partial charge is 0.358 e. The van der Waals surface area contributed by atoms with Crippen molar-refractivity contribution in [2.75, 3.05) is 0 Å². The Labute approximate surface area is 97.2 Å². The topological polar surface area (TPSA) is 52.6 Å². The maximum absolute atomic E-state index is 11.4. The van der Waals surface area contributed by atoms with Crippen molar-refractivity contribution in [2.45, 2.75) is 59.3 Å². The Morgan fingerprint density at radius 1 is 1.06 bits per heavy atom. The molecule has 94 valence electrons. The first kappa shape index (κ1) is 14.9. The van der Waals surface area contributed by atoms with Gasteiger partial charge >= 0.3 is 11.9 Å². The highest BCUT2D eigenvalue weighted by atomic mass is 17.2. The van der Waals surface area contributed by atoms with E-state index in [1.165, 1.54) is 19.8 Å². The summed E-state index contributed by atoms with van der Waals surface area (Å²) in [5, 5.41) is 0. The normalized spacial score (nSPS) is 11.9. The van der Waals surface area contributed by atoms with E-state index in [1.54, 1.807) is 0 Å². The van der Waals surface area contributed by atoms with E-state index >= 15 is 0 Å². The van der Waals surface area contributed by atoms with Gasteiger partial charge in [-0.2, -0.15) is 0 Å². The average Bonchev–Trinajstić information content (AvgIpc) is 2.26. The highest BCUT2D eigenvalue weighted by Crippen LogP contribution is 2.16. The van der Waals surface area contributed by atoms with Crippen LogP contribution in [0.2, 0.25) is 0 Å². The van der Waals surface area contributed by atoms with Crippen molar-refractivity contribution in [3.63, 3.8) is 0 Å². The van der Waals surface area contributed by atoms with Gasteiger partial charge in [-0.15, -0.1) is 0 Å². The molecule has 0 spiro atoms. The van der Waals surface area contributed by atoms with Gasteiger partial charge in [-0.3, -0.25) is 0 Å². The molecule has 0 aliphatic carbocycles. The van der Waals surface area contributed by atoms with Gasteiger partial charge < -0.3 is 0 Å². The fourth-order valence-electron chi connectivity index (χ4n) is 1.47. The van der Waals surface area contributed by atoms with Gasteiger partial charge in [-0.25, -0.2) is 19.4 Å². The van der Waals surface area contributed by atoms with Crippen molar-refractivity contribution in [3.05, 3.63) is 0 Å². The number of carbonyl (C=O) groups is 2. The Balaban J connectivity index is 3.78. The van der Waals surface area contributed by atoms with E-state index in [2.05, 4.69) is 16.7 Å². The molecule has 0 rings (SSSR count). The minimum Gasteiger partial charge on any atom is -0.248 e. The third-order valence-electron chi connectivity index (χ3n) is 2.47. The van der Waals surface area contributed by atoms with E-state index < -0.39 is 11.9 Å². The summed E-state index contributed by atoms with van der Waals surface area (Å²) in [6.45, 7) is 5.28. The van der Waals surface area contributed by atoms with Gasteiger partial charge in [0.2, 0.25) is 0 Å². The van der Waals surface area contributed by atoms with Crippen molar-refractivity contribution >= 4 is 11.9 Å². The molecule has 16 heavy (non-hydrogen) atoms. The molecule has 0 N–H and O–H groups in total. The zero-order chi connectivity index (χ0) is 12.4. The second-order valence-electron chi connectivity index (χ2n) is 3.93. The first-order valence-corrected chi connectivity index (χ1v) is 6.00. The molecule has 0 aromatic carbocycles. The van der Waals surface area contributed by atoms with Crippen molar-refractivity contribution < 1.29 is 19.4 Å². The lowest BCUT2D eigenvalue weighted by molar-refractivity contribution is -0.260. The molecule has 0 aromatic heterocycles. The third kappa shape index (κ3) is 7.26. The van der Waals surface area contributed by atoms with Gasteiger partial charge in [0.05, 0.1) is 5.92 Å². The molecular weight excluding hydrogens is 208 g/mol. The van der Waals surface area contributed by atoms with Crippen LogP contribution in [0.1, 0.15) is 59.3 Å². The predicted molar refractivity (Wildman–Crippen MR) is 60.4 cm³/mol. The van der Waals surface area contributed by atoms with Crippen LogP contribution in [0, 0.1) is 5.92 Å². The van der Waals surface area contributed by atoms with Crippen molar-refractivity contribution in [1.82, 2.24) is 0 Å². The third-order valence-corrected chi connectivity index (χ3v) is 2.47. The second-order valence-corrected chi connectivity index (χ2v) is 3.93. The summed E-state index contributed by atoms with van der Waals surface area (Å²) in [5.74, 6) is -1.19. The molecule has 0 bridgehead atoms. The number of unbranched alkanes of at least 4 members (excludes halogenated alkanes) is 3. The maximum Gasteiger partial charge on any atom is 0.358 e. The van der Waals surface area contributed by atoms with E-state index in [-0.39, 0.29) is 5.92 Å². The SMILES string of the molecule is CCCCCCC(CC)C(=O)OOC(C)=O. The average molecular weight is 230 g/mol. The summed E-state index contributed by atoms with van der Waals surface area (Å²) < 4.78 is 0. The van der Waals surface area contributed by atoms with Crippen molar-refractivity contribution in [2.24, 2.45) is 5.92 Å². The molecule has 0 aliphatic rings. The minimum atomic E-state index is -0.603.